The molecule has 2 heterocycles. The maximum atomic E-state index is 5.33. The van der Waals surface area contributed by atoms with Crippen molar-refractivity contribution in [2.75, 3.05) is 17.2 Å². The molecule has 0 bridgehead atoms. The second-order valence-electron chi connectivity index (χ2n) is 5.19. The molecule has 0 atom stereocenters. The Kier molecular flexibility index (Phi) is 4.88. The normalized spacial score (nSPS) is 10.5. The van der Waals surface area contributed by atoms with Crippen molar-refractivity contribution in [1.82, 2.24) is 9.97 Å². The lowest BCUT2D eigenvalue weighted by atomic mass is 10.1. The summed E-state index contributed by atoms with van der Waals surface area (Å²) in [6, 6.07) is 15.9. The van der Waals surface area contributed by atoms with Crippen molar-refractivity contribution in [2.24, 2.45) is 0 Å². The van der Waals surface area contributed by atoms with Gasteiger partial charge in [-0.15, -0.1) is 0 Å². The molecule has 0 amide bonds. The van der Waals surface area contributed by atoms with Crippen molar-refractivity contribution in [3.8, 4) is 11.3 Å². The van der Waals surface area contributed by atoms with Crippen LogP contribution < -0.4 is 10.6 Å². The summed E-state index contributed by atoms with van der Waals surface area (Å²) in [5.74, 6) is 2.26. The minimum absolute atomic E-state index is 0.554. The topological polar surface area (TPSA) is 63.0 Å². The average Bonchev–Trinajstić information content (AvgIpc) is 3.12. The molecular weight excluding hydrogens is 288 g/mol. The molecule has 5 nitrogen and oxygen atoms in total. The van der Waals surface area contributed by atoms with E-state index in [4.69, 9.17) is 4.42 Å². The molecule has 0 saturated heterocycles. The van der Waals surface area contributed by atoms with Crippen LogP contribution in [-0.2, 0) is 6.54 Å². The van der Waals surface area contributed by atoms with E-state index >= 15 is 0 Å². The molecule has 0 unspecified atom stereocenters. The van der Waals surface area contributed by atoms with Gasteiger partial charge < -0.3 is 15.1 Å². The summed E-state index contributed by atoms with van der Waals surface area (Å²) in [4.78, 5) is 9.13. The summed E-state index contributed by atoms with van der Waals surface area (Å²) in [5.41, 5.74) is 1.96. The number of anilines is 2. The maximum Gasteiger partial charge on any atom is 0.225 e. The Morgan fingerprint density at radius 1 is 1.00 bits per heavy atom. The van der Waals surface area contributed by atoms with Crippen molar-refractivity contribution in [2.45, 2.75) is 19.9 Å². The summed E-state index contributed by atoms with van der Waals surface area (Å²) >= 11 is 0. The average molecular weight is 308 g/mol. The molecule has 0 fully saturated rings. The standard InChI is InChI=1S/C18H20N4O/c1-2-10-19-17-12-16(14-7-4-3-5-8-14)21-18(22-17)20-13-15-9-6-11-23-15/h3-9,11-12H,2,10,13H2,1H3,(H2,19,20,21,22). The van der Waals surface area contributed by atoms with E-state index in [1.54, 1.807) is 6.26 Å². The van der Waals surface area contributed by atoms with E-state index in [0.717, 1.165) is 35.8 Å². The van der Waals surface area contributed by atoms with Crippen molar-refractivity contribution in [1.29, 1.82) is 0 Å². The van der Waals surface area contributed by atoms with Gasteiger partial charge in [0.25, 0.3) is 0 Å². The van der Waals surface area contributed by atoms with Crippen LogP contribution in [-0.4, -0.2) is 16.5 Å². The molecule has 118 valence electrons. The second-order valence-corrected chi connectivity index (χ2v) is 5.19. The van der Waals surface area contributed by atoms with Crippen LogP contribution >= 0.6 is 0 Å². The van der Waals surface area contributed by atoms with Crippen LogP contribution in [0.25, 0.3) is 11.3 Å². The second kappa shape index (κ2) is 7.45. The zero-order valence-electron chi connectivity index (χ0n) is 13.1. The molecule has 5 heteroatoms. The van der Waals surface area contributed by atoms with Crippen LogP contribution in [0.3, 0.4) is 0 Å². The van der Waals surface area contributed by atoms with Crippen molar-refractivity contribution in [3.63, 3.8) is 0 Å². The summed E-state index contributed by atoms with van der Waals surface area (Å²) in [6.45, 7) is 3.56. The lowest BCUT2D eigenvalue weighted by Gasteiger charge is -2.10. The Balaban J connectivity index is 1.84. The van der Waals surface area contributed by atoms with Gasteiger partial charge >= 0.3 is 0 Å². The number of hydrogen-bond acceptors (Lipinski definition) is 5. The van der Waals surface area contributed by atoms with Gasteiger partial charge in [0.05, 0.1) is 18.5 Å². The van der Waals surface area contributed by atoms with E-state index in [1.807, 2.05) is 48.5 Å². The molecule has 2 aromatic heterocycles. The minimum atomic E-state index is 0.554. The van der Waals surface area contributed by atoms with Gasteiger partial charge in [0, 0.05) is 18.2 Å². The van der Waals surface area contributed by atoms with Crippen molar-refractivity contribution in [3.05, 3.63) is 60.6 Å². The fourth-order valence-electron chi connectivity index (χ4n) is 2.21. The predicted molar refractivity (Wildman–Crippen MR) is 92.3 cm³/mol. The highest BCUT2D eigenvalue weighted by atomic mass is 16.3. The number of furan rings is 1. The number of nitrogens with zero attached hydrogens (tertiary/aromatic N) is 2. The molecular formula is C18H20N4O. The Morgan fingerprint density at radius 2 is 1.87 bits per heavy atom. The molecule has 23 heavy (non-hydrogen) atoms. The molecule has 0 aliphatic heterocycles. The van der Waals surface area contributed by atoms with Crippen molar-refractivity contribution < 1.29 is 4.42 Å². The highest BCUT2D eigenvalue weighted by Crippen LogP contribution is 2.21. The summed E-state index contributed by atoms with van der Waals surface area (Å²) in [7, 11) is 0. The molecule has 0 spiro atoms. The summed E-state index contributed by atoms with van der Waals surface area (Å²) in [6.07, 6.45) is 2.70. The van der Waals surface area contributed by atoms with Gasteiger partial charge in [-0.05, 0) is 18.6 Å². The number of rotatable bonds is 7. The Morgan fingerprint density at radius 3 is 2.61 bits per heavy atom. The first-order valence-electron chi connectivity index (χ1n) is 7.80. The van der Waals surface area contributed by atoms with E-state index in [1.165, 1.54) is 0 Å². The van der Waals surface area contributed by atoms with E-state index in [9.17, 15) is 0 Å². The molecule has 0 radical (unpaired) electrons. The van der Waals surface area contributed by atoms with Crippen LogP contribution in [0, 0.1) is 0 Å². The molecule has 1 aromatic carbocycles. The van der Waals surface area contributed by atoms with Crippen LogP contribution in [0.1, 0.15) is 19.1 Å². The molecule has 0 aliphatic carbocycles. The number of aromatic nitrogens is 2. The minimum Gasteiger partial charge on any atom is -0.467 e. The lowest BCUT2D eigenvalue weighted by Crippen LogP contribution is -2.08. The zero-order chi connectivity index (χ0) is 15.9. The van der Waals surface area contributed by atoms with Gasteiger partial charge in [-0.25, -0.2) is 4.98 Å². The molecule has 0 saturated carbocycles. The fourth-order valence-corrected chi connectivity index (χ4v) is 2.21. The van der Waals surface area contributed by atoms with Gasteiger partial charge in [-0.2, -0.15) is 4.98 Å². The molecule has 3 rings (SSSR count). The largest absolute Gasteiger partial charge is 0.467 e. The van der Waals surface area contributed by atoms with E-state index < -0.39 is 0 Å². The van der Waals surface area contributed by atoms with Gasteiger partial charge in [0.2, 0.25) is 5.95 Å². The molecule has 0 aliphatic rings. The summed E-state index contributed by atoms with van der Waals surface area (Å²) < 4.78 is 5.33. The maximum absolute atomic E-state index is 5.33. The third kappa shape index (κ3) is 4.10. The molecule has 3 aromatic rings. The van der Waals surface area contributed by atoms with Crippen LogP contribution in [0.15, 0.2) is 59.2 Å². The Bertz CT molecular complexity index is 726. The van der Waals surface area contributed by atoms with E-state index in [0.29, 0.717) is 12.5 Å². The van der Waals surface area contributed by atoms with Crippen molar-refractivity contribution >= 4 is 11.8 Å². The Hall–Kier alpha value is -2.82. The first-order valence-corrected chi connectivity index (χ1v) is 7.80. The number of hydrogen-bond donors (Lipinski definition) is 2. The smallest absolute Gasteiger partial charge is 0.225 e. The van der Waals surface area contributed by atoms with Crippen LogP contribution in [0.5, 0.6) is 0 Å². The van der Waals surface area contributed by atoms with Gasteiger partial charge in [-0.1, -0.05) is 37.3 Å². The fraction of sp³-hybridized carbons (Fsp3) is 0.222. The monoisotopic (exact) mass is 308 g/mol. The lowest BCUT2D eigenvalue weighted by molar-refractivity contribution is 0.517. The quantitative estimate of drug-likeness (QED) is 0.686. The van der Waals surface area contributed by atoms with Gasteiger partial charge in [0.1, 0.15) is 11.6 Å². The SMILES string of the molecule is CCCNc1cc(-c2ccccc2)nc(NCc2ccco2)n1. The predicted octanol–water partition coefficient (Wildman–Crippen LogP) is 4.17. The highest BCUT2D eigenvalue weighted by molar-refractivity contribution is 5.64. The third-order valence-electron chi connectivity index (χ3n) is 3.35. The number of nitrogens with one attached hydrogen (secondary N) is 2. The van der Waals surface area contributed by atoms with E-state index in [-0.39, 0.29) is 0 Å². The van der Waals surface area contributed by atoms with Gasteiger partial charge in [0.15, 0.2) is 0 Å². The van der Waals surface area contributed by atoms with E-state index in [2.05, 4.69) is 27.5 Å². The zero-order valence-corrected chi connectivity index (χ0v) is 13.1. The molecule has 2 N–H and O–H groups in total. The van der Waals surface area contributed by atoms with Crippen LogP contribution in [0.2, 0.25) is 0 Å². The summed E-state index contributed by atoms with van der Waals surface area (Å²) in [5, 5.41) is 6.54. The van der Waals surface area contributed by atoms with Crippen LogP contribution in [0.4, 0.5) is 11.8 Å². The number of benzene rings is 1. The first kappa shape index (κ1) is 15.1. The third-order valence-corrected chi connectivity index (χ3v) is 3.35. The Labute approximate surface area is 135 Å². The first-order chi connectivity index (χ1) is 11.3. The van der Waals surface area contributed by atoms with Gasteiger partial charge in [-0.3, -0.25) is 0 Å². The highest BCUT2D eigenvalue weighted by Gasteiger charge is 2.07.